The van der Waals surface area contributed by atoms with E-state index in [1.54, 1.807) is 11.1 Å². The summed E-state index contributed by atoms with van der Waals surface area (Å²) in [7, 11) is 0. The number of piperazine rings is 1. The first-order chi connectivity index (χ1) is 19.9. The molecule has 2 N–H and O–H groups in total. The van der Waals surface area contributed by atoms with Crippen LogP contribution >= 0.6 is 0 Å². The Kier molecular flexibility index (Phi) is 8.08. The second kappa shape index (κ2) is 11.6. The lowest BCUT2D eigenvalue weighted by Crippen LogP contribution is -2.55. The Bertz CT molecular complexity index is 1470. The SMILES string of the molecule is CC1=CC(Nc2nc(Nc3cc(C4CC4)c(C#N)c(C)n3)ncc2N2CCN(C(=O)OC(C)(C)C)C(C)C2)=NCC1C. The molecule has 0 spiro atoms. The van der Waals surface area contributed by atoms with E-state index in [-0.39, 0.29) is 12.1 Å². The maximum absolute atomic E-state index is 12.8. The molecule has 11 heteroatoms. The molecule has 4 heterocycles. The van der Waals surface area contributed by atoms with Crippen LogP contribution in [0.5, 0.6) is 0 Å². The van der Waals surface area contributed by atoms with Crippen molar-refractivity contribution < 1.29 is 9.53 Å². The molecule has 2 aromatic heterocycles. The molecule has 222 valence electrons. The van der Waals surface area contributed by atoms with Gasteiger partial charge in [0, 0.05) is 32.2 Å². The summed E-state index contributed by atoms with van der Waals surface area (Å²) < 4.78 is 5.63. The number of amidine groups is 1. The number of nitrogens with zero attached hydrogens (tertiary/aromatic N) is 7. The number of dihydropyridines is 1. The zero-order chi connectivity index (χ0) is 30.2. The number of ether oxygens (including phenoxy) is 1. The summed E-state index contributed by atoms with van der Waals surface area (Å²) >= 11 is 0. The van der Waals surface area contributed by atoms with Gasteiger partial charge < -0.3 is 25.2 Å². The van der Waals surface area contributed by atoms with Gasteiger partial charge in [-0.1, -0.05) is 12.5 Å². The molecule has 2 unspecified atom stereocenters. The van der Waals surface area contributed by atoms with Gasteiger partial charge in [0.15, 0.2) is 5.82 Å². The van der Waals surface area contributed by atoms with Gasteiger partial charge in [0.2, 0.25) is 5.95 Å². The van der Waals surface area contributed by atoms with Crippen LogP contribution in [-0.4, -0.2) is 69.6 Å². The standard InChI is InChI=1S/C31H41N9O2/c1-18-12-26(33-15-19(18)2)36-28-25(39-10-11-40(20(3)17-39)30(41)42-31(5,6)7)16-34-29(38-28)37-27-13-23(22-8-9-22)24(14-32)21(4)35-27/h12-13,16,19-20,22H,8-11,15,17H2,1-7H3,(H2,33,34,35,36,37,38). The minimum Gasteiger partial charge on any atom is -0.444 e. The maximum atomic E-state index is 12.8. The zero-order valence-electron chi connectivity index (χ0n) is 25.7. The Balaban J connectivity index is 1.42. The van der Waals surface area contributed by atoms with E-state index in [2.05, 4.69) is 51.5 Å². The number of aromatic nitrogens is 3. The fraction of sp³-hybridized carbons (Fsp3) is 0.548. The van der Waals surface area contributed by atoms with E-state index in [9.17, 15) is 10.1 Å². The van der Waals surface area contributed by atoms with Gasteiger partial charge in [0.05, 0.1) is 23.1 Å². The number of rotatable bonds is 5. The highest BCUT2D eigenvalue weighted by atomic mass is 16.6. The van der Waals surface area contributed by atoms with Gasteiger partial charge in [-0.2, -0.15) is 10.2 Å². The average molecular weight is 572 g/mol. The Hall–Kier alpha value is -4.20. The van der Waals surface area contributed by atoms with Crippen molar-refractivity contribution in [3.8, 4) is 6.07 Å². The van der Waals surface area contributed by atoms with Crippen molar-refractivity contribution in [3.63, 3.8) is 0 Å². The van der Waals surface area contributed by atoms with Crippen LogP contribution in [0.1, 0.15) is 77.1 Å². The lowest BCUT2D eigenvalue weighted by molar-refractivity contribution is 0.0159. The molecule has 11 nitrogen and oxygen atoms in total. The van der Waals surface area contributed by atoms with Crippen LogP contribution in [0.15, 0.2) is 28.9 Å². The van der Waals surface area contributed by atoms with E-state index in [0.29, 0.717) is 66.9 Å². The van der Waals surface area contributed by atoms with Gasteiger partial charge in [0.1, 0.15) is 23.3 Å². The summed E-state index contributed by atoms with van der Waals surface area (Å²) in [6.45, 7) is 16.2. The maximum Gasteiger partial charge on any atom is 0.410 e. The molecule has 1 amide bonds. The number of amides is 1. The van der Waals surface area contributed by atoms with Gasteiger partial charge >= 0.3 is 6.09 Å². The summed E-state index contributed by atoms with van der Waals surface area (Å²) in [5, 5.41) is 16.4. The molecule has 2 fully saturated rings. The van der Waals surface area contributed by atoms with Crippen LogP contribution in [-0.2, 0) is 4.74 Å². The van der Waals surface area contributed by atoms with Crippen LogP contribution in [0.3, 0.4) is 0 Å². The zero-order valence-corrected chi connectivity index (χ0v) is 25.7. The molecule has 42 heavy (non-hydrogen) atoms. The molecule has 0 bridgehead atoms. The third-order valence-corrected chi connectivity index (χ3v) is 7.89. The average Bonchev–Trinajstić information content (AvgIpc) is 3.75. The molecule has 2 aliphatic heterocycles. The van der Waals surface area contributed by atoms with Crippen LogP contribution in [0.2, 0.25) is 0 Å². The minimum atomic E-state index is -0.548. The van der Waals surface area contributed by atoms with Crippen molar-refractivity contribution in [2.45, 2.75) is 78.9 Å². The van der Waals surface area contributed by atoms with Gasteiger partial charge in [-0.25, -0.2) is 14.8 Å². The number of aryl methyl sites for hydroxylation is 1. The minimum absolute atomic E-state index is 0.0686. The monoisotopic (exact) mass is 571 g/mol. The van der Waals surface area contributed by atoms with Gasteiger partial charge in [-0.15, -0.1) is 0 Å². The molecule has 0 radical (unpaired) electrons. The predicted molar refractivity (Wildman–Crippen MR) is 164 cm³/mol. The Morgan fingerprint density at radius 3 is 2.55 bits per heavy atom. The molecule has 3 aliphatic rings. The smallest absolute Gasteiger partial charge is 0.410 e. The summed E-state index contributed by atoms with van der Waals surface area (Å²) in [5.41, 5.74) is 3.92. The number of nitriles is 1. The predicted octanol–water partition coefficient (Wildman–Crippen LogP) is 5.52. The molecule has 0 aromatic carbocycles. The molecule has 1 saturated heterocycles. The van der Waals surface area contributed by atoms with Crippen LogP contribution in [0.25, 0.3) is 0 Å². The summed E-state index contributed by atoms with van der Waals surface area (Å²) in [6.07, 6.45) is 5.73. The van der Waals surface area contributed by atoms with E-state index >= 15 is 0 Å². The Morgan fingerprint density at radius 2 is 1.90 bits per heavy atom. The van der Waals surface area contributed by atoms with Crippen molar-refractivity contribution in [1.29, 1.82) is 5.26 Å². The van der Waals surface area contributed by atoms with E-state index < -0.39 is 5.60 Å². The van der Waals surface area contributed by atoms with Crippen molar-refractivity contribution >= 4 is 35.2 Å². The summed E-state index contributed by atoms with van der Waals surface area (Å²) in [5.74, 6) is 3.18. The number of aliphatic imine (C=N–C) groups is 1. The number of hydrogen-bond acceptors (Lipinski definition) is 10. The highest BCUT2D eigenvalue weighted by molar-refractivity contribution is 6.05. The number of anilines is 4. The van der Waals surface area contributed by atoms with E-state index in [0.717, 1.165) is 29.9 Å². The number of hydrogen-bond donors (Lipinski definition) is 2. The Morgan fingerprint density at radius 1 is 1.14 bits per heavy atom. The number of pyridine rings is 1. The lowest BCUT2D eigenvalue weighted by Gasteiger charge is -2.41. The highest BCUT2D eigenvalue weighted by Crippen LogP contribution is 2.43. The van der Waals surface area contributed by atoms with E-state index in [4.69, 9.17) is 14.7 Å². The third-order valence-electron chi connectivity index (χ3n) is 7.89. The second-order valence-corrected chi connectivity index (χ2v) is 12.6. The number of nitrogens with one attached hydrogen (secondary N) is 2. The van der Waals surface area contributed by atoms with Crippen molar-refractivity contribution in [3.05, 3.63) is 40.7 Å². The first-order valence-electron chi connectivity index (χ1n) is 14.7. The fourth-order valence-corrected chi connectivity index (χ4v) is 5.24. The molecule has 1 aliphatic carbocycles. The van der Waals surface area contributed by atoms with Gasteiger partial charge in [-0.3, -0.25) is 4.99 Å². The molecular weight excluding hydrogens is 530 g/mol. The normalized spacial score (nSPS) is 20.8. The first kappa shape index (κ1) is 29.3. The van der Waals surface area contributed by atoms with Crippen LogP contribution in [0.4, 0.5) is 28.1 Å². The van der Waals surface area contributed by atoms with Crippen molar-refractivity contribution in [2.24, 2.45) is 10.9 Å². The van der Waals surface area contributed by atoms with E-state index in [1.807, 2.05) is 40.7 Å². The number of carbonyl (C=O) groups is 1. The largest absolute Gasteiger partial charge is 0.444 e. The summed E-state index contributed by atoms with van der Waals surface area (Å²) in [4.78, 5) is 35.6. The molecule has 1 saturated carbocycles. The molecule has 5 rings (SSSR count). The van der Waals surface area contributed by atoms with Crippen LogP contribution in [0, 0.1) is 24.2 Å². The quantitative estimate of drug-likeness (QED) is 0.476. The highest BCUT2D eigenvalue weighted by Gasteiger charge is 2.32. The fourth-order valence-electron chi connectivity index (χ4n) is 5.24. The van der Waals surface area contributed by atoms with Crippen molar-refractivity contribution in [2.75, 3.05) is 41.7 Å². The van der Waals surface area contributed by atoms with Gasteiger partial charge in [0.25, 0.3) is 0 Å². The van der Waals surface area contributed by atoms with Gasteiger partial charge in [-0.05, 0) is 83.9 Å². The van der Waals surface area contributed by atoms with Crippen LogP contribution < -0.4 is 15.5 Å². The van der Waals surface area contributed by atoms with Crippen molar-refractivity contribution in [1.82, 2.24) is 19.9 Å². The van der Waals surface area contributed by atoms with E-state index in [1.165, 1.54) is 5.57 Å². The summed E-state index contributed by atoms with van der Waals surface area (Å²) in [6, 6.07) is 4.20. The topological polar surface area (TPSA) is 132 Å². The molecule has 2 aromatic rings. The Labute approximate surface area is 248 Å². The second-order valence-electron chi connectivity index (χ2n) is 12.6. The molecular formula is C31H41N9O2. The third kappa shape index (κ3) is 6.64. The number of carbonyl (C=O) groups excluding carboxylic acids is 1. The lowest BCUT2D eigenvalue weighted by atomic mass is 10.0. The molecule has 2 atom stereocenters. The first-order valence-corrected chi connectivity index (χ1v) is 14.7.